The van der Waals surface area contributed by atoms with Crippen molar-refractivity contribution in [2.45, 2.75) is 6.42 Å². The van der Waals surface area contributed by atoms with Crippen molar-refractivity contribution in [3.05, 3.63) is 47.0 Å². The SMILES string of the molecule is COc1cc(CCNC(=O)c2cc(Br)c(Br)s2)c([N+](=O)[O-])cc1OC. The number of hydrogen-bond donors (Lipinski definition) is 1. The van der Waals surface area contributed by atoms with E-state index in [9.17, 15) is 14.9 Å². The van der Waals surface area contributed by atoms with Gasteiger partial charge in [-0.2, -0.15) is 0 Å². The summed E-state index contributed by atoms with van der Waals surface area (Å²) in [5.41, 5.74) is 0.380. The molecule has 134 valence electrons. The van der Waals surface area contributed by atoms with Crippen LogP contribution in [0.15, 0.2) is 26.5 Å². The Bertz CT molecular complexity index is 790. The Morgan fingerprint density at radius 2 is 1.88 bits per heavy atom. The summed E-state index contributed by atoms with van der Waals surface area (Å²) in [4.78, 5) is 23.4. The van der Waals surface area contributed by atoms with Crippen molar-refractivity contribution in [3.8, 4) is 11.5 Å². The fourth-order valence-corrected chi connectivity index (χ4v) is 4.09. The van der Waals surface area contributed by atoms with Gasteiger partial charge in [0.2, 0.25) is 0 Å². The summed E-state index contributed by atoms with van der Waals surface area (Å²) in [5, 5.41) is 14.0. The first kappa shape index (κ1) is 19.7. The zero-order chi connectivity index (χ0) is 18.6. The van der Waals surface area contributed by atoms with Gasteiger partial charge in [-0.15, -0.1) is 11.3 Å². The number of rotatable bonds is 7. The summed E-state index contributed by atoms with van der Waals surface area (Å²) >= 11 is 7.96. The second-order valence-electron chi connectivity index (χ2n) is 4.83. The molecule has 2 aromatic rings. The number of nitrogens with zero attached hydrogens (tertiary/aromatic N) is 1. The number of thiophene rings is 1. The number of nitrogens with one attached hydrogen (secondary N) is 1. The lowest BCUT2D eigenvalue weighted by atomic mass is 10.1. The number of carbonyl (C=O) groups is 1. The molecule has 0 saturated carbocycles. The van der Waals surface area contributed by atoms with Crippen LogP contribution in [-0.4, -0.2) is 31.6 Å². The Labute approximate surface area is 164 Å². The van der Waals surface area contributed by atoms with E-state index in [1.54, 1.807) is 12.1 Å². The van der Waals surface area contributed by atoms with Crippen LogP contribution in [0, 0.1) is 10.1 Å². The average molecular weight is 494 g/mol. The first-order valence-electron chi connectivity index (χ1n) is 6.99. The number of carbonyl (C=O) groups excluding carboxylic acids is 1. The van der Waals surface area contributed by atoms with Gasteiger partial charge in [0.25, 0.3) is 11.6 Å². The molecule has 1 amide bonds. The van der Waals surface area contributed by atoms with Crippen molar-refractivity contribution in [1.82, 2.24) is 5.32 Å². The third-order valence-electron chi connectivity index (χ3n) is 3.33. The monoisotopic (exact) mass is 492 g/mol. The Hall–Kier alpha value is -1.65. The number of amides is 1. The number of methoxy groups -OCH3 is 2. The number of ether oxygens (including phenoxy) is 2. The molecule has 0 radical (unpaired) electrons. The molecule has 1 aromatic carbocycles. The molecule has 0 unspecified atom stereocenters. The highest BCUT2D eigenvalue weighted by atomic mass is 79.9. The Morgan fingerprint density at radius 1 is 1.24 bits per heavy atom. The molecule has 0 bridgehead atoms. The highest BCUT2D eigenvalue weighted by Crippen LogP contribution is 2.35. The fraction of sp³-hybridized carbons (Fsp3) is 0.267. The van der Waals surface area contributed by atoms with E-state index >= 15 is 0 Å². The quantitative estimate of drug-likeness (QED) is 0.461. The zero-order valence-electron chi connectivity index (χ0n) is 13.3. The van der Waals surface area contributed by atoms with E-state index in [1.165, 1.54) is 31.6 Å². The highest BCUT2D eigenvalue weighted by Gasteiger charge is 2.19. The summed E-state index contributed by atoms with van der Waals surface area (Å²) in [6.45, 7) is 0.252. The molecular weight excluding hydrogens is 480 g/mol. The summed E-state index contributed by atoms with van der Waals surface area (Å²) in [5.74, 6) is 0.454. The van der Waals surface area contributed by atoms with Gasteiger partial charge in [-0.25, -0.2) is 0 Å². The van der Waals surface area contributed by atoms with Crippen LogP contribution in [0.1, 0.15) is 15.2 Å². The molecule has 0 aliphatic heterocycles. The summed E-state index contributed by atoms with van der Waals surface area (Å²) in [6.07, 6.45) is 0.288. The largest absolute Gasteiger partial charge is 0.493 e. The lowest BCUT2D eigenvalue weighted by Gasteiger charge is -2.11. The lowest BCUT2D eigenvalue weighted by molar-refractivity contribution is -0.385. The third kappa shape index (κ3) is 4.71. The van der Waals surface area contributed by atoms with Crippen LogP contribution in [0.2, 0.25) is 0 Å². The molecule has 0 saturated heterocycles. The molecular formula is C15H14Br2N2O5S. The maximum Gasteiger partial charge on any atom is 0.276 e. The van der Waals surface area contributed by atoms with Crippen molar-refractivity contribution < 1.29 is 19.2 Å². The predicted octanol–water partition coefficient (Wildman–Crippen LogP) is 4.17. The summed E-state index contributed by atoms with van der Waals surface area (Å²) < 4.78 is 11.9. The van der Waals surface area contributed by atoms with Gasteiger partial charge in [-0.3, -0.25) is 14.9 Å². The topological polar surface area (TPSA) is 90.7 Å². The van der Waals surface area contributed by atoms with Gasteiger partial charge in [0.15, 0.2) is 11.5 Å². The number of halogens is 2. The van der Waals surface area contributed by atoms with E-state index in [1.807, 2.05) is 0 Å². The molecule has 1 heterocycles. The lowest BCUT2D eigenvalue weighted by Crippen LogP contribution is -2.25. The van der Waals surface area contributed by atoms with Gasteiger partial charge < -0.3 is 14.8 Å². The molecule has 1 N–H and O–H groups in total. The Morgan fingerprint density at radius 3 is 2.40 bits per heavy atom. The number of hydrogen-bond acceptors (Lipinski definition) is 6. The van der Waals surface area contributed by atoms with Gasteiger partial charge in [0, 0.05) is 16.6 Å². The highest BCUT2D eigenvalue weighted by molar-refractivity contribution is 9.13. The minimum absolute atomic E-state index is 0.0755. The normalized spacial score (nSPS) is 10.4. The van der Waals surface area contributed by atoms with Crippen LogP contribution in [0.4, 0.5) is 5.69 Å². The van der Waals surface area contributed by atoms with E-state index in [4.69, 9.17) is 9.47 Å². The van der Waals surface area contributed by atoms with Gasteiger partial charge >= 0.3 is 0 Å². The van der Waals surface area contributed by atoms with Crippen molar-refractivity contribution >= 4 is 54.8 Å². The zero-order valence-corrected chi connectivity index (χ0v) is 17.3. The van der Waals surface area contributed by atoms with E-state index < -0.39 is 4.92 Å². The first-order valence-corrected chi connectivity index (χ1v) is 9.40. The maximum absolute atomic E-state index is 12.1. The Kier molecular flexibility index (Phi) is 6.79. The molecule has 0 aliphatic carbocycles. The molecule has 0 spiro atoms. The third-order valence-corrected chi connectivity index (χ3v) is 6.59. The standard InChI is InChI=1S/C15H14Br2N2O5S/c1-23-11-5-8(10(19(21)22)7-12(11)24-2)3-4-18-15(20)13-6-9(16)14(17)25-13/h5-7H,3-4H2,1-2H3,(H,18,20). The van der Waals surface area contributed by atoms with E-state index in [0.29, 0.717) is 16.2 Å². The van der Waals surface area contributed by atoms with Crippen LogP contribution in [0.3, 0.4) is 0 Å². The molecule has 7 nitrogen and oxygen atoms in total. The minimum Gasteiger partial charge on any atom is -0.493 e. The van der Waals surface area contributed by atoms with Crippen LogP contribution in [0.25, 0.3) is 0 Å². The van der Waals surface area contributed by atoms with Crippen molar-refractivity contribution in [3.63, 3.8) is 0 Å². The molecule has 2 rings (SSSR count). The van der Waals surface area contributed by atoms with Crippen LogP contribution < -0.4 is 14.8 Å². The van der Waals surface area contributed by atoms with E-state index in [-0.39, 0.29) is 30.3 Å². The molecule has 0 aliphatic rings. The summed E-state index contributed by atoms with van der Waals surface area (Å²) in [7, 11) is 2.88. The number of benzene rings is 1. The van der Waals surface area contributed by atoms with Crippen molar-refractivity contribution in [1.29, 1.82) is 0 Å². The number of nitro groups is 1. The first-order chi connectivity index (χ1) is 11.9. The van der Waals surface area contributed by atoms with Crippen LogP contribution in [0.5, 0.6) is 11.5 Å². The summed E-state index contributed by atoms with van der Waals surface area (Å²) in [6, 6.07) is 4.59. The molecule has 25 heavy (non-hydrogen) atoms. The maximum atomic E-state index is 12.1. The van der Waals surface area contributed by atoms with E-state index in [2.05, 4.69) is 37.2 Å². The molecule has 1 aromatic heterocycles. The Balaban J connectivity index is 2.11. The number of nitro benzene ring substituents is 1. The van der Waals surface area contributed by atoms with Crippen LogP contribution in [-0.2, 0) is 6.42 Å². The van der Waals surface area contributed by atoms with Gasteiger partial charge in [0.1, 0.15) is 0 Å². The van der Waals surface area contributed by atoms with Gasteiger partial charge in [0.05, 0.1) is 33.9 Å². The minimum atomic E-state index is -0.480. The fourth-order valence-electron chi connectivity index (χ4n) is 2.14. The van der Waals surface area contributed by atoms with Gasteiger partial charge in [-0.1, -0.05) is 0 Å². The smallest absolute Gasteiger partial charge is 0.276 e. The predicted molar refractivity (Wildman–Crippen MR) is 102 cm³/mol. The van der Waals surface area contributed by atoms with Crippen molar-refractivity contribution in [2.24, 2.45) is 0 Å². The second-order valence-corrected chi connectivity index (χ2v) is 8.06. The van der Waals surface area contributed by atoms with Gasteiger partial charge in [-0.05, 0) is 50.4 Å². The second kappa shape index (κ2) is 8.63. The van der Waals surface area contributed by atoms with Crippen molar-refractivity contribution in [2.75, 3.05) is 20.8 Å². The molecule has 10 heteroatoms. The van der Waals surface area contributed by atoms with Crippen LogP contribution >= 0.6 is 43.2 Å². The average Bonchev–Trinajstić information content (AvgIpc) is 2.93. The molecule has 0 atom stereocenters. The van der Waals surface area contributed by atoms with E-state index in [0.717, 1.165) is 8.26 Å². The molecule has 0 fully saturated rings.